The van der Waals surface area contributed by atoms with Crippen LogP contribution < -0.4 is 27.4 Å². The standard InChI is InChI=1S/C25H31N5O7S/c26-17(10-15-6-8-16(31)9-7-15)22(33)30-20(13-38)24(35)28-18(11-14-4-2-1-3-5-14)23(34)29-19(25(36)37)12-21(27)32/h1-9,17-20,31,38H,10-13,26H2,(H2,27,32)(H,28,35)(H,29,34)(H,30,33)(H,36,37). The van der Waals surface area contributed by atoms with Gasteiger partial charge in [-0.15, -0.1) is 0 Å². The first-order valence-corrected chi connectivity index (χ1v) is 12.2. The summed E-state index contributed by atoms with van der Waals surface area (Å²) >= 11 is 4.13. The van der Waals surface area contributed by atoms with Crippen LogP contribution >= 0.6 is 12.6 Å². The number of carboxylic acid groups (broad SMARTS) is 1. The van der Waals surface area contributed by atoms with E-state index in [-0.39, 0.29) is 24.3 Å². The third-order valence-corrected chi connectivity index (χ3v) is 5.84. The van der Waals surface area contributed by atoms with Gasteiger partial charge >= 0.3 is 5.97 Å². The molecule has 0 fully saturated rings. The van der Waals surface area contributed by atoms with Crippen LogP contribution in [0.2, 0.25) is 0 Å². The Kier molecular flexibility index (Phi) is 11.6. The van der Waals surface area contributed by atoms with Crippen molar-refractivity contribution in [3.05, 3.63) is 65.7 Å². The van der Waals surface area contributed by atoms with Gasteiger partial charge in [0.05, 0.1) is 12.5 Å². The van der Waals surface area contributed by atoms with Crippen LogP contribution in [0.25, 0.3) is 0 Å². The minimum Gasteiger partial charge on any atom is -0.508 e. The van der Waals surface area contributed by atoms with E-state index in [1.165, 1.54) is 12.1 Å². The van der Waals surface area contributed by atoms with Crippen LogP contribution in [0, 0.1) is 0 Å². The maximum Gasteiger partial charge on any atom is 0.326 e. The molecule has 0 aliphatic rings. The van der Waals surface area contributed by atoms with E-state index in [4.69, 9.17) is 11.5 Å². The van der Waals surface area contributed by atoms with Gasteiger partial charge in [-0.05, 0) is 29.7 Å². The van der Waals surface area contributed by atoms with Crippen LogP contribution in [0.15, 0.2) is 54.6 Å². The number of aliphatic carboxylic acids is 1. The van der Waals surface area contributed by atoms with Crippen molar-refractivity contribution < 1.29 is 34.2 Å². The molecule has 0 saturated carbocycles. The number of primary amides is 1. The van der Waals surface area contributed by atoms with Crippen molar-refractivity contribution in [2.45, 2.75) is 43.4 Å². The molecule has 2 aromatic carbocycles. The smallest absolute Gasteiger partial charge is 0.326 e. The second-order valence-corrected chi connectivity index (χ2v) is 8.91. The number of nitrogens with two attached hydrogens (primary N) is 2. The van der Waals surface area contributed by atoms with Crippen molar-refractivity contribution in [1.29, 1.82) is 0 Å². The molecule has 0 bridgehead atoms. The highest BCUT2D eigenvalue weighted by atomic mass is 32.1. The molecule has 0 saturated heterocycles. The van der Waals surface area contributed by atoms with Gasteiger partial charge in [0.15, 0.2) is 0 Å². The summed E-state index contributed by atoms with van der Waals surface area (Å²) in [6.45, 7) is 0. The van der Waals surface area contributed by atoms with Crippen molar-refractivity contribution in [3.63, 3.8) is 0 Å². The van der Waals surface area contributed by atoms with Gasteiger partial charge in [-0.1, -0.05) is 42.5 Å². The number of rotatable bonds is 14. The highest BCUT2D eigenvalue weighted by Gasteiger charge is 2.30. The predicted molar refractivity (Wildman–Crippen MR) is 141 cm³/mol. The van der Waals surface area contributed by atoms with E-state index in [1.807, 2.05) is 0 Å². The van der Waals surface area contributed by atoms with E-state index in [0.717, 1.165) is 0 Å². The molecule has 9 N–H and O–H groups in total. The van der Waals surface area contributed by atoms with Crippen LogP contribution in [-0.4, -0.2) is 69.7 Å². The zero-order chi connectivity index (χ0) is 28.2. The Balaban J connectivity index is 2.12. The number of phenols is 1. The van der Waals surface area contributed by atoms with Crippen molar-refractivity contribution in [3.8, 4) is 5.75 Å². The number of benzene rings is 2. The van der Waals surface area contributed by atoms with Gasteiger partial charge in [-0.2, -0.15) is 12.6 Å². The van der Waals surface area contributed by atoms with Gasteiger partial charge < -0.3 is 37.6 Å². The van der Waals surface area contributed by atoms with Gasteiger partial charge in [-0.3, -0.25) is 19.2 Å². The van der Waals surface area contributed by atoms with Gasteiger partial charge in [0, 0.05) is 12.2 Å². The van der Waals surface area contributed by atoms with Crippen LogP contribution in [0.3, 0.4) is 0 Å². The largest absolute Gasteiger partial charge is 0.508 e. The summed E-state index contributed by atoms with van der Waals surface area (Å²) in [6, 6.07) is 9.78. The number of amides is 4. The van der Waals surface area contributed by atoms with Crippen LogP contribution in [0.1, 0.15) is 17.5 Å². The highest BCUT2D eigenvalue weighted by Crippen LogP contribution is 2.11. The molecule has 0 aliphatic carbocycles. The summed E-state index contributed by atoms with van der Waals surface area (Å²) in [6.07, 6.45) is -0.501. The Bertz CT molecular complexity index is 1130. The van der Waals surface area contributed by atoms with Crippen molar-refractivity contribution >= 4 is 42.2 Å². The zero-order valence-electron chi connectivity index (χ0n) is 20.4. The Labute approximate surface area is 224 Å². The molecule has 0 aliphatic heterocycles. The topological polar surface area (TPSA) is 214 Å². The van der Waals surface area contributed by atoms with Crippen LogP contribution in [-0.2, 0) is 36.8 Å². The fourth-order valence-electron chi connectivity index (χ4n) is 3.46. The summed E-state index contributed by atoms with van der Waals surface area (Å²) in [7, 11) is 0. The first-order chi connectivity index (χ1) is 18.0. The number of nitrogens with one attached hydrogen (secondary N) is 3. The van der Waals surface area contributed by atoms with Gasteiger partial charge in [0.2, 0.25) is 23.6 Å². The molecule has 4 atom stereocenters. The molecule has 204 valence electrons. The number of carboxylic acids is 1. The Hall–Kier alpha value is -4.10. The summed E-state index contributed by atoms with van der Waals surface area (Å²) in [5.41, 5.74) is 12.4. The third-order valence-electron chi connectivity index (χ3n) is 5.48. The van der Waals surface area contributed by atoms with E-state index >= 15 is 0 Å². The van der Waals surface area contributed by atoms with Crippen molar-refractivity contribution in [1.82, 2.24) is 16.0 Å². The number of thiol groups is 1. The Morgan fingerprint density at radius 3 is 1.84 bits per heavy atom. The fraction of sp³-hybridized carbons (Fsp3) is 0.320. The predicted octanol–water partition coefficient (Wildman–Crippen LogP) is -1.15. The van der Waals surface area contributed by atoms with Gasteiger partial charge in [-0.25, -0.2) is 4.79 Å². The van der Waals surface area contributed by atoms with Crippen LogP contribution in [0.4, 0.5) is 0 Å². The number of hydrogen-bond acceptors (Lipinski definition) is 8. The normalized spacial score (nSPS) is 13.8. The number of phenolic OH excluding ortho intramolecular Hbond substituents is 1. The summed E-state index contributed by atoms with van der Waals surface area (Å²) in [5, 5.41) is 26.0. The summed E-state index contributed by atoms with van der Waals surface area (Å²) in [4.78, 5) is 61.3. The monoisotopic (exact) mass is 545 g/mol. The molecule has 0 aromatic heterocycles. The second kappa shape index (κ2) is 14.6. The maximum atomic E-state index is 13.0. The maximum absolute atomic E-state index is 13.0. The summed E-state index contributed by atoms with van der Waals surface area (Å²) < 4.78 is 0. The van der Waals surface area contributed by atoms with Gasteiger partial charge in [0.1, 0.15) is 23.9 Å². The molecule has 0 radical (unpaired) electrons. The van der Waals surface area contributed by atoms with Crippen molar-refractivity contribution in [2.24, 2.45) is 11.5 Å². The number of hydrogen-bond donors (Lipinski definition) is 8. The van der Waals surface area contributed by atoms with E-state index in [0.29, 0.717) is 11.1 Å². The van der Waals surface area contributed by atoms with E-state index < -0.39 is 60.2 Å². The zero-order valence-corrected chi connectivity index (χ0v) is 21.3. The quantitative estimate of drug-likeness (QED) is 0.135. The average molecular weight is 546 g/mol. The molecular weight excluding hydrogens is 514 g/mol. The minimum atomic E-state index is -1.59. The molecule has 2 aromatic rings. The van der Waals surface area contributed by atoms with Gasteiger partial charge in [0.25, 0.3) is 0 Å². The molecule has 0 spiro atoms. The highest BCUT2D eigenvalue weighted by molar-refractivity contribution is 7.80. The lowest BCUT2D eigenvalue weighted by Crippen LogP contribution is -2.58. The molecule has 38 heavy (non-hydrogen) atoms. The lowest BCUT2D eigenvalue weighted by atomic mass is 10.0. The molecule has 4 unspecified atom stereocenters. The first kappa shape index (κ1) is 30.1. The average Bonchev–Trinajstić information content (AvgIpc) is 2.87. The summed E-state index contributed by atoms with van der Waals surface area (Å²) in [5.74, 6) is -4.69. The van der Waals surface area contributed by atoms with E-state index in [9.17, 15) is 34.2 Å². The van der Waals surface area contributed by atoms with E-state index in [2.05, 4.69) is 28.6 Å². The molecule has 12 nitrogen and oxygen atoms in total. The molecular formula is C25H31N5O7S. The third kappa shape index (κ3) is 9.75. The van der Waals surface area contributed by atoms with E-state index in [1.54, 1.807) is 42.5 Å². The molecule has 4 amide bonds. The number of carbonyl (C=O) groups excluding carboxylic acids is 4. The Morgan fingerprint density at radius 1 is 0.763 bits per heavy atom. The lowest BCUT2D eigenvalue weighted by Gasteiger charge is -2.24. The Morgan fingerprint density at radius 2 is 1.29 bits per heavy atom. The fourth-order valence-corrected chi connectivity index (χ4v) is 3.71. The van der Waals surface area contributed by atoms with Crippen LogP contribution in [0.5, 0.6) is 5.75 Å². The molecule has 2 rings (SSSR count). The number of carbonyl (C=O) groups is 5. The molecule has 13 heteroatoms. The first-order valence-electron chi connectivity index (χ1n) is 11.6. The van der Waals surface area contributed by atoms with Crippen molar-refractivity contribution in [2.75, 3.05) is 5.75 Å². The SMILES string of the molecule is NC(=O)CC(NC(=O)C(Cc1ccccc1)NC(=O)C(CS)NC(=O)C(N)Cc1ccc(O)cc1)C(=O)O. The minimum absolute atomic E-state index is 0.00503. The number of aromatic hydroxyl groups is 1. The second-order valence-electron chi connectivity index (χ2n) is 8.54. The molecule has 0 heterocycles. The lowest BCUT2D eigenvalue weighted by molar-refractivity contribution is -0.143.